The lowest BCUT2D eigenvalue weighted by atomic mass is 10.1. The molecule has 0 aliphatic heterocycles. The van der Waals surface area contributed by atoms with Crippen molar-refractivity contribution in [1.82, 2.24) is 5.32 Å². The molecule has 5 nitrogen and oxygen atoms in total. The third-order valence-corrected chi connectivity index (χ3v) is 2.66. The monoisotopic (exact) mass is 265 g/mol. The third kappa shape index (κ3) is 4.28. The molecule has 0 heterocycles. The van der Waals surface area contributed by atoms with Crippen LogP contribution in [-0.4, -0.2) is 28.6 Å². The molecule has 0 fully saturated rings. The van der Waals surface area contributed by atoms with Gasteiger partial charge >= 0.3 is 5.97 Å². The quantitative estimate of drug-likeness (QED) is 0.850. The summed E-state index contributed by atoms with van der Waals surface area (Å²) >= 11 is 0. The van der Waals surface area contributed by atoms with Crippen LogP contribution in [0.3, 0.4) is 0 Å². The number of nitrogens with one attached hydrogen (secondary N) is 1. The standard InChI is InChI=1S/C14H19NO4/c1-9-5-7-11(8-6-9)19-14(3,4)13(18)15-10(2)12(16)17/h5-8,10H,1-4H3,(H,15,18)(H,16,17). The fourth-order valence-electron chi connectivity index (χ4n) is 1.38. The van der Waals surface area contributed by atoms with Crippen molar-refractivity contribution in [2.75, 3.05) is 0 Å². The molecule has 1 aromatic carbocycles. The van der Waals surface area contributed by atoms with Crippen LogP contribution in [0.4, 0.5) is 0 Å². The summed E-state index contributed by atoms with van der Waals surface area (Å²) in [6.45, 7) is 6.55. The van der Waals surface area contributed by atoms with Crippen molar-refractivity contribution < 1.29 is 19.4 Å². The highest BCUT2D eigenvalue weighted by atomic mass is 16.5. The molecule has 0 aliphatic rings. The number of carbonyl (C=O) groups is 2. The number of carbonyl (C=O) groups excluding carboxylic acids is 1. The van der Waals surface area contributed by atoms with Crippen molar-refractivity contribution in [2.24, 2.45) is 0 Å². The van der Waals surface area contributed by atoms with Crippen LogP contribution in [0.2, 0.25) is 0 Å². The number of carboxylic acid groups (broad SMARTS) is 1. The van der Waals surface area contributed by atoms with E-state index in [0.717, 1.165) is 5.56 Å². The molecule has 0 radical (unpaired) electrons. The predicted octanol–water partition coefficient (Wildman–Crippen LogP) is 1.74. The summed E-state index contributed by atoms with van der Waals surface area (Å²) < 4.78 is 5.59. The highest BCUT2D eigenvalue weighted by molar-refractivity contribution is 5.88. The molecule has 0 aliphatic carbocycles. The van der Waals surface area contributed by atoms with Gasteiger partial charge in [0, 0.05) is 0 Å². The molecule has 0 saturated heterocycles. The Hall–Kier alpha value is -2.04. The van der Waals surface area contributed by atoms with Gasteiger partial charge in [-0.3, -0.25) is 9.59 Å². The van der Waals surface area contributed by atoms with Crippen LogP contribution in [0.25, 0.3) is 0 Å². The molecule has 1 unspecified atom stereocenters. The Morgan fingerprint density at radius 3 is 2.26 bits per heavy atom. The summed E-state index contributed by atoms with van der Waals surface area (Å²) in [5, 5.41) is 11.1. The molecule has 0 spiro atoms. The minimum atomic E-state index is -1.14. The van der Waals surface area contributed by atoms with E-state index in [1.165, 1.54) is 6.92 Å². The van der Waals surface area contributed by atoms with Crippen LogP contribution < -0.4 is 10.1 Å². The van der Waals surface area contributed by atoms with Gasteiger partial charge in [0.2, 0.25) is 0 Å². The molecule has 1 rings (SSSR count). The van der Waals surface area contributed by atoms with Crippen LogP contribution in [0.15, 0.2) is 24.3 Å². The van der Waals surface area contributed by atoms with Crippen molar-refractivity contribution in [3.05, 3.63) is 29.8 Å². The minimum absolute atomic E-state index is 0.469. The predicted molar refractivity (Wildman–Crippen MR) is 71.1 cm³/mol. The Balaban J connectivity index is 2.72. The number of hydrogen-bond donors (Lipinski definition) is 2. The molecule has 1 aromatic rings. The van der Waals surface area contributed by atoms with E-state index in [2.05, 4.69) is 5.32 Å². The molecular formula is C14H19NO4. The maximum Gasteiger partial charge on any atom is 0.325 e. The van der Waals surface area contributed by atoms with E-state index in [-0.39, 0.29) is 0 Å². The molecule has 104 valence electrons. The largest absolute Gasteiger partial charge is 0.480 e. The maximum atomic E-state index is 12.0. The lowest BCUT2D eigenvalue weighted by Crippen LogP contribution is -2.51. The second-order valence-corrected chi connectivity index (χ2v) is 4.96. The van der Waals surface area contributed by atoms with E-state index in [1.54, 1.807) is 26.0 Å². The Bertz CT molecular complexity index is 465. The van der Waals surface area contributed by atoms with Crippen LogP contribution in [-0.2, 0) is 9.59 Å². The Morgan fingerprint density at radius 1 is 1.26 bits per heavy atom. The smallest absolute Gasteiger partial charge is 0.325 e. The van der Waals surface area contributed by atoms with Gasteiger partial charge in [0.1, 0.15) is 11.8 Å². The molecular weight excluding hydrogens is 246 g/mol. The number of aryl methyl sites for hydroxylation is 1. The van der Waals surface area contributed by atoms with Crippen LogP contribution in [0, 0.1) is 6.92 Å². The molecule has 19 heavy (non-hydrogen) atoms. The molecule has 5 heteroatoms. The van der Waals surface area contributed by atoms with Gasteiger partial charge < -0.3 is 15.2 Å². The maximum absolute atomic E-state index is 12.0. The SMILES string of the molecule is Cc1ccc(OC(C)(C)C(=O)NC(C)C(=O)O)cc1. The van der Waals surface area contributed by atoms with E-state index in [1.807, 2.05) is 19.1 Å². The van der Waals surface area contributed by atoms with Gasteiger partial charge in [-0.05, 0) is 39.8 Å². The first kappa shape index (κ1) is 15.0. The fraction of sp³-hybridized carbons (Fsp3) is 0.429. The topological polar surface area (TPSA) is 75.6 Å². The number of amides is 1. The van der Waals surface area contributed by atoms with Gasteiger partial charge in [-0.2, -0.15) is 0 Å². The lowest BCUT2D eigenvalue weighted by Gasteiger charge is -2.26. The van der Waals surface area contributed by atoms with Crippen molar-refractivity contribution in [3.63, 3.8) is 0 Å². The Labute approximate surface area is 112 Å². The van der Waals surface area contributed by atoms with E-state index in [9.17, 15) is 9.59 Å². The van der Waals surface area contributed by atoms with E-state index in [0.29, 0.717) is 5.75 Å². The second kappa shape index (κ2) is 5.73. The van der Waals surface area contributed by atoms with Crippen molar-refractivity contribution >= 4 is 11.9 Å². The number of aliphatic carboxylic acids is 1. The third-order valence-electron chi connectivity index (χ3n) is 2.66. The first-order chi connectivity index (χ1) is 8.72. The fourth-order valence-corrected chi connectivity index (χ4v) is 1.38. The second-order valence-electron chi connectivity index (χ2n) is 4.96. The van der Waals surface area contributed by atoms with Crippen molar-refractivity contribution in [3.8, 4) is 5.75 Å². The number of carboxylic acids is 1. The number of rotatable bonds is 5. The average molecular weight is 265 g/mol. The molecule has 2 N–H and O–H groups in total. The number of ether oxygens (including phenoxy) is 1. The van der Waals surface area contributed by atoms with Gasteiger partial charge in [-0.25, -0.2) is 0 Å². The summed E-state index contributed by atoms with van der Waals surface area (Å²) in [6.07, 6.45) is 0. The summed E-state index contributed by atoms with van der Waals surface area (Å²) in [5.41, 5.74) is -0.0481. The molecule has 0 saturated carbocycles. The van der Waals surface area contributed by atoms with Crippen LogP contribution in [0.1, 0.15) is 26.3 Å². The van der Waals surface area contributed by atoms with E-state index < -0.39 is 23.5 Å². The van der Waals surface area contributed by atoms with Gasteiger partial charge in [0.15, 0.2) is 5.60 Å². The Kier molecular flexibility index (Phi) is 4.53. The first-order valence-corrected chi connectivity index (χ1v) is 6.02. The van der Waals surface area contributed by atoms with Gasteiger partial charge in [0.25, 0.3) is 5.91 Å². The number of benzene rings is 1. The summed E-state index contributed by atoms with van der Waals surface area (Å²) in [4.78, 5) is 22.7. The molecule has 0 aromatic heterocycles. The summed E-state index contributed by atoms with van der Waals surface area (Å²) in [6, 6.07) is 6.34. The zero-order chi connectivity index (χ0) is 14.6. The highest BCUT2D eigenvalue weighted by Gasteiger charge is 2.32. The van der Waals surface area contributed by atoms with Gasteiger partial charge in [0.05, 0.1) is 0 Å². The van der Waals surface area contributed by atoms with Gasteiger partial charge in [-0.1, -0.05) is 17.7 Å². The zero-order valence-corrected chi connectivity index (χ0v) is 11.6. The summed E-state index contributed by atoms with van der Waals surface area (Å²) in [7, 11) is 0. The minimum Gasteiger partial charge on any atom is -0.480 e. The van der Waals surface area contributed by atoms with E-state index in [4.69, 9.17) is 9.84 Å². The molecule has 1 amide bonds. The lowest BCUT2D eigenvalue weighted by molar-refractivity contribution is -0.144. The molecule has 1 atom stereocenters. The normalized spacial score (nSPS) is 12.6. The average Bonchev–Trinajstić information content (AvgIpc) is 2.31. The van der Waals surface area contributed by atoms with Crippen molar-refractivity contribution in [2.45, 2.75) is 39.3 Å². The zero-order valence-electron chi connectivity index (χ0n) is 11.6. The molecule has 0 bridgehead atoms. The summed E-state index contributed by atoms with van der Waals surface area (Å²) in [5.74, 6) is -0.990. The van der Waals surface area contributed by atoms with Crippen LogP contribution in [0.5, 0.6) is 5.75 Å². The first-order valence-electron chi connectivity index (χ1n) is 6.02. The van der Waals surface area contributed by atoms with E-state index >= 15 is 0 Å². The highest BCUT2D eigenvalue weighted by Crippen LogP contribution is 2.19. The number of hydrogen-bond acceptors (Lipinski definition) is 3. The van der Waals surface area contributed by atoms with Crippen molar-refractivity contribution in [1.29, 1.82) is 0 Å². The van der Waals surface area contributed by atoms with Gasteiger partial charge in [-0.15, -0.1) is 0 Å². The van der Waals surface area contributed by atoms with Crippen LogP contribution >= 0.6 is 0 Å². The Morgan fingerprint density at radius 2 is 1.79 bits per heavy atom.